The number of aryl methyl sites for hydroxylation is 2. The molecule has 6 rings (SSSR count). The number of benzene rings is 4. The molecule has 0 aliphatic carbocycles. The molecule has 0 unspecified atom stereocenters. The van der Waals surface area contributed by atoms with Crippen molar-refractivity contribution in [2.45, 2.75) is 59.4 Å². The summed E-state index contributed by atoms with van der Waals surface area (Å²) in [6.07, 6.45) is 0. The number of nitrogens with zero attached hydrogens (tertiary/aromatic N) is 8. The van der Waals surface area contributed by atoms with E-state index in [9.17, 15) is 61.5 Å². The summed E-state index contributed by atoms with van der Waals surface area (Å²) in [6.45, 7) is 5.76. The molecule has 4 aromatic rings. The van der Waals surface area contributed by atoms with Crippen LogP contribution in [-0.4, -0.2) is 87.2 Å². The largest absolute Gasteiger partial charge is 0.295 e. The molecule has 2 atom stereocenters. The average Bonchev–Trinajstić information content (AvgIpc) is 3.60. The Balaban J connectivity index is 1.31. The molecule has 314 valence electrons. The molecule has 0 saturated carbocycles. The molecule has 0 bridgehead atoms. The second-order valence-electron chi connectivity index (χ2n) is 13.2. The predicted molar refractivity (Wildman–Crippen MR) is 211 cm³/mol. The third-order valence-corrected chi connectivity index (χ3v) is 12.5. The van der Waals surface area contributed by atoms with Gasteiger partial charge in [-0.15, -0.1) is 0 Å². The van der Waals surface area contributed by atoms with Crippen molar-refractivity contribution in [3.63, 3.8) is 0 Å². The van der Waals surface area contributed by atoms with Gasteiger partial charge < -0.3 is 0 Å². The molecule has 0 saturated heterocycles. The highest BCUT2D eigenvalue weighted by Gasteiger charge is 2.36. The minimum absolute atomic E-state index is 0.128. The number of hydrogen-bond donors (Lipinski definition) is 4. The molecule has 2 amide bonds. The molecular formula is C34H30N8O14S4. The molecule has 0 radical (unpaired) electrons. The number of hydrogen-bond acceptors (Lipinski definition) is 16. The van der Waals surface area contributed by atoms with Crippen molar-refractivity contribution in [1.29, 1.82) is 0 Å². The number of amides is 2. The zero-order valence-corrected chi connectivity index (χ0v) is 34.4. The Morgan fingerprint density at radius 1 is 0.500 bits per heavy atom. The number of carbonyl (C=O) groups excluding carboxylic acids is 2. The van der Waals surface area contributed by atoms with Crippen LogP contribution in [0.1, 0.15) is 25.0 Å². The maximum atomic E-state index is 13.2. The molecule has 0 fully saturated rings. The van der Waals surface area contributed by atoms with Crippen LogP contribution in [0.5, 0.6) is 0 Å². The van der Waals surface area contributed by atoms with Crippen LogP contribution < -0.4 is 10.0 Å². The van der Waals surface area contributed by atoms with E-state index in [1.807, 2.05) is 0 Å². The summed E-state index contributed by atoms with van der Waals surface area (Å²) < 4.78 is 136. The van der Waals surface area contributed by atoms with Crippen LogP contribution in [0, 0.1) is 13.8 Å². The van der Waals surface area contributed by atoms with Crippen LogP contribution in [0.15, 0.2) is 123 Å². The fraction of sp³-hybridized carbons (Fsp3) is 0.176. The van der Waals surface area contributed by atoms with E-state index in [-0.39, 0.29) is 45.3 Å². The monoisotopic (exact) mass is 902 g/mol. The maximum Gasteiger partial charge on any atom is 0.295 e. The van der Waals surface area contributed by atoms with Crippen LogP contribution in [0.4, 0.5) is 22.7 Å². The van der Waals surface area contributed by atoms with Gasteiger partial charge >= 0.3 is 0 Å². The van der Waals surface area contributed by atoms with Crippen molar-refractivity contribution >= 4 is 86.5 Å². The summed E-state index contributed by atoms with van der Waals surface area (Å²) in [5, 5.41) is 26.2. The van der Waals surface area contributed by atoms with Crippen molar-refractivity contribution in [3.05, 3.63) is 83.9 Å². The molecule has 22 nitrogen and oxygen atoms in total. The summed E-state index contributed by atoms with van der Waals surface area (Å²) in [7, 11) is -19.4. The normalized spacial score (nSPS) is 17.9. The lowest BCUT2D eigenvalue weighted by Crippen LogP contribution is -2.29. The van der Waals surface area contributed by atoms with E-state index in [0.717, 1.165) is 58.5 Å². The van der Waals surface area contributed by atoms with E-state index in [1.165, 1.54) is 52.0 Å². The Labute approximate surface area is 341 Å². The van der Waals surface area contributed by atoms with Crippen LogP contribution >= 0.6 is 0 Å². The van der Waals surface area contributed by atoms with Crippen LogP contribution in [0.2, 0.25) is 0 Å². The smallest absolute Gasteiger partial charge is 0.282 e. The van der Waals surface area contributed by atoms with E-state index in [4.69, 9.17) is 0 Å². The van der Waals surface area contributed by atoms with Gasteiger partial charge in [-0.3, -0.25) is 27.8 Å². The molecule has 0 aromatic heterocycles. The van der Waals surface area contributed by atoms with E-state index >= 15 is 0 Å². The molecule has 2 aliphatic rings. The van der Waals surface area contributed by atoms with Gasteiger partial charge in [0.05, 0.1) is 44.0 Å². The summed E-state index contributed by atoms with van der Waals surface area (Å²) in [4.78, 5) is 23.9. The van der Waals surface area contributed by atoms with E-state index in [1.54, 1.807) is 0 Å². The Morgan fingerprint density at radius 3 is 1.10 bits per heavy atom. The third kappa shape index (κ3) is 8.80. The Hall–Kier alpha value is -6.00. The first-order valence-corrected chi connectivity index (χ1v) is 22.5. The van der Waals surface area contributed by atoms with Crippen molar-refractivity contribution in [3.8, 4) is 11.1 Å². The highest BCUT2D eigenvalue weighted by molar-refractivity contribution is 7.86. The molecule has 60 heavy (non-hydrogen) atoms. The van der Waals surface area contributed by atoms with E-state index in [2.05, 4.69) is 30.7 Å². The van der Waals surface area contributed by atoms with Gasteiger partial charge in [-0.1, -0.05) is 0 Å². The standard InChI is InChI=1S/C34H30N8O14S4/c1-17-13-25(29(59(51,52)53)15-27(17)35-37-31-19(3)39-41(33(31)43)21-5-9-23(10-6-21)57(45,46)47)26-14-18(2)28(16-30(26)60(54,55)56)36-38-32-20(4)40-42(34(32)44)22-7-11-24(12-8-22)58(48,49)50/h5-16,31-32H,1-4H3,(H,45,46,47)(H,48,49,50)(H,51,52,53)(H,54,55,56)/t31-,32-/m1/s1. The SMILES string of the molecule is CC1=NN(c2ccc(S(=O)(=O)O)cc2)C(=O)[C@@H]1N=Nc1cc(S(=O)(=O)O)c(-c2cc(C)c(N=N[C@H]3C(=O)N(c4ccc(S(=O)(=O)O)cc4)N=C3C)cc2S(=O)(=O)O)cc1C. The fourth-order valence-electron chi connectivity index (χ4n) is 5.92. The Kier molecular flexibility index (Phi) is 11.3. The molecular weight excluding hydrogens is 873 g/mol. The quantitative estimate of drug-likeness (QED) is 0.117. The first kappa shape index (κ1) is 43.6. The Morgan fingerprint density at radius 2 is 0.817 bits per heavy atom. The van der Waals surface area contributed by atoms with Gasteiger partial charge in [0.2, 0.25) is 0 Å². The number of carbonyl (C=O) groups is 2. The molecule has 4 aromatic carbocycles. The van der Waals surface area contributed by atoms with Gasteiger partial charge in [0.1, 0.15) is 9.79 Å². The van der Waals surface area contributed by atoms with E-state index < -0.39 is 95.1 Å². The minimum atomic E-state index is -5.17. The lowest BCUT2D eigenvalue weighted by molar-refractivity contribution is -0.118. The lowest BCUT2D eigenvalue weighted by Gasteiger charge is -2.15. The first-order chi connectivity index (χ1) is 27.8. The number of azo groups is 2. The van der Waals surface area contributed by atoms with Gasteiger partial charge in [-0.05, 0) is 112 Å². The second kappa shape index (κ2) is 15.6. The average molecular weight is 903 g/mol. The van der Waals surface area contributed by atoms with E-state index in [0.29, 0.717) is 0 Å². The van der Waals surface area contributed by atoms with Gasteiger partial charge in [-0.25, -0.2) is 0 Å². The molecule has 26 heteroatoms. The van der Waals surface area contributed by atoms with Crippen LogP contribution in [0.3, 0.4) is 0 Å². The fourth-order valence-corrected chi connectivity index (χ4v) is 8.30. The molecule has 2 aliphatic heterocycles. The predicted octanol–water partition coefficient (Wildman–Crippen LogP) is 4.71. The van der Waals surface area contributed by atoms with Crippen molar-refractivity contribution < 1.29 is 61.5 Å². The summed E-state index contributed by atoms with van der Waals surface area (Å²) in [5.41, 5.74) is -0.295. The Bertz CT molecular complexity index is 2870. The van der Waals surface area contributed by atoms with Crippen LogP contribution in [0.25, 0.3) is 11.1 Å². The van der Waals surface area contributed by atoms with Crippen LogP contribution in [-0.2, 0) is 50.1 Å². The third-order valence-electron chi connectivity index (χ3n) is 8.95. The maximum absolute atomic E-state index is 13.2. The second-order valence-corrected chi connectivity index (χ2v) is 18.8. The lowest BCUT2D eigenvalue weighted by atomic mass is 9.99. The van der Waals surface area contributed by atoms with Crippen molar-refractivity contribution in [2.75, 3.05) is 10.0 Å². The number of anilines is 2. The zero-order valence-electron chi connectivity index (χ0n) is 31.2. The number of rotatable bonds is 11. The van der Waals surface area contributed by atoms with Gasteiger partial charge in [0.25, 0.3) is 52.3 Å². The first-order valence-electron chi connectivity index (χ1n) is 16.8. The zero-order chi connectivity index (χ0) is 44.3. The topological polar surface area (TPSA) is 332 Å². The summed E-state index contributed by atoms with van der Waals surface area (Å²) in [6, 6.07) is 10.5. The van der Waals surface area contributed by atoms with Gasteiger partial charge in [0.15, 0.2) is 12.1 Å². The summed E-state index contributed by atoms with van der Waals surface area (Å²) >= 11 is 0. The van der Waals surface area contributed by atoms with Gasteiger partial charge in [-0.2, -0.15) is 74.3 Å². The summed E-state index contributed by atoms with van der Waals surface area (Å²) in [5.74, 6) is -1.45. The van der Waals surface area contributed by atoms with Gasteiger partial charge in [0, 0.05) is 11.1 Å². The minimum Gasteiger partial charge on any atom is -0.282 e. The number of hydrazone groups is 2. The highest BCUT2D eigenvalue weighted by Crippen LogP contribution is 2.40. The highest BCUT2D eigenvalue weighted by atomic mass is 32.2. The molecule has 2 heterocycles. The van der Waals surface area contributed by atoms with Crippen molar-refractivity contribution in [1.82, 2.24) is 0 Å². The molecule has 4 N–H and O–H groups in total. The van der Waals surface area contributed by atoms with Crippen molar-refractivity contribution in [2.24, 2.45) is 30.7 Å². The molecule has 0 spiro atoms.